The van der Waals surface area contributed by atoms with E-state index in [9.17, 15) is 0 Å². The first-order valence-corrected chi connectivity index (χ1v) is 5.67. The Morgan fingerprint density at radius 1 is 1.69 bits per heavy atom. The Kier molecular flexibility index (Phi) is 2.61. The van der Waals surface area contributed by atoms with Crippen molar-refractivity contribution >= 4 is 39.5 Å². The average molecular weight is 276 g/mol. The van der Waals surface area contributed by atoms with Crippen molar-refractivity contribution in [1.82, 2.24) is 14.8 Å². The van der Waals surface area contributed by atoms with E-state index >= 15 is 0 Å². The minimum absolute atomic E-state index is 0.653. The van der Waals surface area contributed by atoms with Crippen LogP contribution in [0, 0.1) is 4.77 Å². The largest absolute Gasteiger partial charge is 0.301 e. The first kappa shape index (κ1) is 9.11. The lowest BCUT2D eigenvalue weighted by atomic mass is 10.5. The molecule has 2 aromatic rings. The highest BCUT2D eigenvalue weighted by Crippen LogP contribution is 2.23. The molecule has 0 aliphatic heterocycles. The zero-order valence-electron chi connectivity index (χ0n) is 6.53. The van der Waals surface area contributed by atoms with Crippen LogP contribution in [0.3, 0.4) is 0 Å². The topological polar surface area (TPSA) is 33.6 Å². The molecule has 0 radical (unpaired) electrons. The van der Waals surface area contributed by atoms with Gasteiger partial charge in [0.15, 0.2) is 4.77 Å². The van der Waals surface area contributed by atoms with Crippen molar-refractivity contribution in [3.63, 3.8) is 0 Å². The van der Waals surface area contributed by atoms with Crippen LogP contribution >= 0.6 is 39.5 Å². The highest BCUT2D eigenvalue weighted by atomic mass is 79.9. The molecule has 0 amide bonds. The number of thiophene rings is 1. The molecule has 1 N–H and O–H groups in total. The van der Waals surface area contributed by atoms with Crippen molar-refractivity contribution in [2.24, 2.45) is 0 Å². The van der Waals surface area contributed by atoms with Crippen LogP contribution in [-0.4, -0.2) is 14.8 Å². The first-order valence-electron chi connectivity index (χ1n) is 3.59. The number of halogens is 1. The monoisotopic (exact) mass is 275 g/mol. The smallest absolute Gasteiger partial charge is 0.195 e. The fourth-order valence-electron chi connectivity index (χ4n) is 0.976. The Bertz CT molecular complexity index is 456. The number of aromatic nitrogens is 3. The summed E-state index contributed by atoms with van der Waals surface area (Å²) in [6.45, 7) is 0.771. The van der Waals surface area contributed by atoms with Gasteiger partial charge in [0.2, 0.25) is 0 Å². The zero-order valence-corrected chi connectivity index (χ0v) is 9.75. The molecule has 13 heavy (non-hydrogen) atoms. The van der Waals surface area contributed by atoms with Crippen LogP contribution < -0.4 is 0 Å². The van der Waals surface area contributed by atoms with Crippen molar-refractivity contribution in [2.75, 3.05) is 0 Å². The number of hydrogen-bond donors (Lipinski definition) is 1. The SMILES string of the molecule is S=c1[nH]ncn1Cc1sccc1Br. The second-order valence-corrected chi connectivity index (χ2v) is 4.72. The summed E-state index contributed by atoms with van der Waals surface area (Å²) < 4.78 is 3.67. The van der Waals surface area contributed by atoms with Crippen molar-refractivity contribution < 1.29 is 0 Å². The van der Waals surface area contributed by atoms with Gasteiger partial charge in [-0.25, -0.2) is 0 Å². The second kappa shape index (κ2) is 3.73. The van der Waals surface area contributed by atoms with E-state index in [1.165, 1.54) is 4.88 Å². The van der Waals surface area contributed by atoms with E-state index in [2.05, 4.69) is 26.1 Å². The van der Waals surface area contributed by atoms with E-state index in [4.69, 9.17) is 12.2 Å². The van der Waals surface area contributed by atoms with Crippen LogP contribution in [0.25, 0.3) is 0 Å². The van der Waals surface area contributed by atoms with E-state index < -0.39 is 0 Å². The lowest BCUT2D eigenvalue weighted by Gasteiger charge is -1.98. The van der Waals surface area contributed by atoms with E-state index in [0.717, 1.165) is 11.0 Å². The standard InChI is InChI=1S/C7H6BrN3S2/c8-5-1-2-13-6(5)3-11-4-9-10-7(11)12/h1-2,4H,3H2,(H,10,12). The Hall–Kier alpha value is -0.460. The number of rotatable bonds is 2. The third-order valence-corrected chi connectivity index (χ3v) is 3.86. The summed E-state index contributed by atoms with van der Waals surface area (Å²) in [6, 6.07) is 2.03. The number of nitrogens with zero attached hydrogens (tertiary/aromatic N) is 2. The maximum atomic E-state index is 5.04. The van der Waals surface area contributed by atoms with Gasteiger partial charge in [-0.05, 0) is 39.6 Å². The zero-order chi connectivity index (χ0) is 9.26. The van der Waals surface area contributed by atoms with E-state index in [1.807, 2.05) is 16.0 Å². The maximum Gasteiger partial charge on any atom is 0.195 e. The molecule has 0 aromatic carbocycles. The highest BCUT2D eigenvalue weighted by Gasteiger charge is 2.02. The molecule has 2 heterocycles. The average Bonchev–Trinajstić information content (AvgIpc) is 2.65. The summed E-state index contributed by atoms with van der Waals surface area (Å²) in [6.07, 6.45) is 1.70. The number of aromatic amines is 1. The molecule has 0 aliphatic carbocycles. The summed E-state index contributed by atoms with van der Waals surface area (Å²) in [4.78, 5) is 1.25. The molecule has 68 valence electrons. The maximum absolute atomic E-state index is 5.04. The predicted octanol–water partition coefficient (Wildman–Crippen LogP) is 2.81. The van der Waals surface area contributed by atoms with Crippen molar-refractivity contribution in [3.8, 4) is 0 Å². The van der Waals surface area contributed by atoms with E-state index in [1.54, 1.807) is 17.7 Å². The predicted molar refractivity (Wildman–Crippen MR) is 58.5 cm³/mol. The fraction of sp³-hybridized carbons (Fsp3) is 0.143. The van der Waals surface area contributed by atoms with Gasteiger partial charge in [-0.2, -0.15) is 5.10 Å². The number of hydrogen-bond acceptors (Lipinski definition) is 3. The molecular formula is C7H6BrN3S2. The van der Waals surface area contributed by atoms with Crippen molar-refractivity contribution in [2.45, 2.75) is 6.54 Å². The normalized spacial score (nSPS) is 10.5. The van der Waals surface area contributed by atoms with Crippen LogP contribution in [0.1, 0.15) is 4.88 Å². The Labute approximate surface area is 92.5 Å². The van der Waals surface area contributed by atoms with E-state index in [0.29, 0.717) is 4.77 Å². The minimum Gasteiger partial charge on any atom is -0.301 e. The molecule has 0 spiro atoms. The molecular weight excluding hydrogens is 270 g/mol. The lowest BCUT2D eigenvalue weighted by molar-refractivity contribution is 0.791. The number of nitrogens with one attached hydrogen (secondary N) is 1. The van der Waals surface area contributed by atoms with Crippen LogP contribution in [0.5, 0.6) is 0 Å². The van der Waals surface area contributed by atoms with Gasteiger partial charge in [0, 0.05) is 9.35 Å². The Balaban J connectivity index is 2.29. The van der Waals surface area contributed by atoms with Gasteiger partial charge in [-0.1, -0.05) is 0 Å². The highest BCUT2D eigenvalue weighted by molar-refractivity contribution is 9.10. The summed E-state index contributed by atoms with van der Waals surface area (Å²) in [5.41, 5.74) is 0. The van der Waals surface area contributed by atoms with Gasteiger partial charge in [-0.15, -0.1) is 11.3 Å². The summed E-state index contributed by atoms with van der Waals surface area (Å²) >= 11 is 10.2. The Morgan fingerprint density at radius 2 is 2.54 bits per heavy atom. The van der Waals surface area contributed by atoms with Gasteiger partial charge in [0.25, 0.3) is 0 Å². The molecule has 2 aromatic heterocycles. The number of H-pyrrole nitrogens is 1. The molecule has 0 aliphatic rings. The molecule has 0 fully saturated rings. The molecule has 3 nitrogen and oxygen atoms in total. The van der Waals surface area contributed by atoms with Gasteiger partial charge in [0.1, 0.15) is 6.33 Å². The molecule has 0 unspecified atom stereocenters. The van der Waals surface area contributed by atoms with Gasteiger partial charge in [-0.3, -0.25) is 5.10 Å². The molecule has 2 rings (SSSR count). The van der Waals surface area contributed by atoms with Crippen LogP contribution in [0.4, 0.5) is 0 Å². The van der Waals surface area contributed by atoms with Crippen LogP contribution in [0.2, 0.25) is 0 Å². The first-order chi connectivity index (χ1) is 6.27. The van der Waals surface area contributed by atoms with Crippen LogP contribution in [0.15, 0.2) is 22.2 Å². The summed E-state index contributed by atoms with van der Waals surface area (Å²) in [7, 11) is 0. The molecule has 6 heteroatoms. The quantitative estimate of drug-likeness (QED) is 0.856. The van der Waals surface area contributed by atoms with Gasteiger partial charge in [0.05, 0.1) is 6.54 Å². The van der Waals surface area contributed by atoms with Crippen molar-refractivity contribution in [1.29, 1.82) is 0 Å². The fourth-order valence-corrected chi connectivity index (χ4v) is 2.62. The van der Waals surface area contributed by atoms with Crippen LogP contribution in [-0.2, 0) is 6.54 Å². The second-order valence-electron chi connectivity index (χ2n) is 2.48. The molecule has 0 bridgehead atoms. The summed E-state index contributed by atoms with van der Waals surface area (Å²) in [5.74, 6) is 0. The Morgan fingerprint density at radius 3 is 3.08 bits per heavy atom. The molecule has 0 atom stereocenters. The lowest BCUT2D eigenvalue weighted by Crippen LogP contribution is -1.96. The summed E-state index contributed by atoms with van der Waals surface area (Å²) in [5, 5.41) is 8.62. The van der Waals surface area contributed by atoms with Gasteiger partial charge >= 0.3 is 0 Å². The van der Waals surface area contributed by atoms with Gasteiger partial charge < -0.3 is 4.57 Å². The minimum atomic E-state index is 0.653. The van der Waals surface area contributed by atoms with E-state index in [-0.39, 0.29) is 0 Å². The third-order valence-electron chi connectivity index (χ3n) is 1.62. The molecule has 0 saturated heterocycles. The molecule has 0 saturated carbocycles. The third kappa shape index (κ3) is 1.90. The van der Waals surface area contributed by atoms with Crippen molar-refractivity contribution in [3.05, 3.63) is 31.9 Å².